The first-order valence-corrected chi connectivity index (χ1v) is 5.88. The SMILES string of the molecule is CCCNC(=O)NC1(c2ccccc2)CC1. The molecule has 1 aromatic rings. The fourth-order valence-electron chi connectivity index (χ4n) is 1.87. The number of urea groups is 1. The number of amides is 2. The molecule has 0 unspecified atom stereocenters. The van der Waals surface area contributed by atoms with Crippen molar-refractivity contribution in [2.75, 3.05) is 6.54 Å². The summed E-state index contributed by atoms with van der Waals surface area (Å²) in [5, 5.41) is 5.92. The maximum absolute atomic E-state index is 11.6. The van der Waals surface area contributed by atoms with E-state index in [2.05, 4.69) is 22.8 Å². The Balaban J connectivity index is 1.97. The van der Waals surface area contributed by atoms with Crippen LogP contribution in [0.15, 0.2) is 30.3 Å². The van der Waals surface area contributed by atoms with Crippen molar-refractivity contribution in [2.45, 2.75) is 31.7 Å². The normalized spacial score (nSPS) is 16.6. The lowest BCUT2D eigenvalue weighted by atomic mass is 10.1. The third-order valence-corrected chi connectivity index (χ3v) is 2.96. The van der Waals surface area contributed by atoms with Gasteiger partial charge in [-0.15, -0.1) is 0 Å². The second kappa shape index (κ2) is 4.56. The van der Waals surface area contributed by atoms with Gasteiger partial charge in [-0.2, -0.15) is 0 Å². The Morgan fingerprint density at radius 1 is 1.31 bits per heavy atom. The summed E-state index contributed by atoms with van der Waals surface area (Å²) in [6.07, 6.45) is 3.04. The summed E-state index contributed by atoms with van der Waals surface area (Å²) >= 11 is 0. The quantitative estimate of drug-likeness (QED) is 0.800. The van der Waals surface area contributed by atoms with E-state index in [1.54, 1.807) is 0 Å². The van der Waals surface area contributed by atoms with Crippen LogP contribution in [0, 0.1) is 0 Å². The van der Waals surface area contributed by atoms with Crippen molar-refractivity contribution in [3.05, 3.63) is 35.9 Å². The van der Waals surface area contributed by atoms with Gasteiger partial charge in [0.25, 0.3) is 0 Å². The van der Waals surface area contributed by atoms with Crippen LogP contribution >= 0.6 is 0 Å². The van der Waals surface area contributed by atoms with E-state index in [-0.39, 0.29) is 11.6 Å². The van der Waals surface area contributed by atoms with Gasteiger partial charge in [-0.25, -0.2) is 4.79 Å². The van der Waals surface area contributed by atoms with E-state index >= 15 is 0 Å². The minimum absolute atomic E-state index is 0.0526. The van der Waals surface area contributed by atoms with Crippen molar-refractivity contribution in [3.63, 3.8) is 0 Å². The number of benzene rings is 1. The highest BCUT2D eigenvalue weighted by atomic mass is 16.2. The second-order valence-corrected chi connectivity index (χ2v) is 4.33. The number of rotatable bonds is 4. The Kier molecular flexibility index (Phi) is 3.13. The third-order valence-electron chi connectivity index (χ3n) is 2.96. The van der Waals surface area contributed by atoms with Gasteiger partial charge >= 0.3 is 6.03 Å². The van der Waals surface area contributed by atoms with Crippen LogP contribution in [0.4, 0.5) is 4.79 Å². The average molecular weight is 218 g/mol. The van der Waals surface area contributed by atoms with Gasteiger partial charge in [0, 0.05) is 6.54 Å². The zero-order valence-corrected chi connectivity index (χ0v) is 9.62. The van der Waals surface area contributed by atoms with Crippen LogP contribution < -0.4 is 10.6 Å². The number of nitrogens with one attached hydrogen (secondary N) is 2. The molecule has 1 fully saturated rings. The van der Waals surface area contributed by atoms with Gasteiger partial charge in [0.05, 0.1) is 5.54 Å². The fourth-order valence-corrected chi connectivity index (χ4v) is 1.87. The summed E-state index contributed by atoms with van der Waals surface area (Å²) in [5.74, 6) is 0. The van der Waals surface area contributed by atoms with Crippen molar-refractivity contribution >= 4 is 6.03 Å². The van der Waals surface area contributed by atoms with Crippen molar-refractivity contribution in [1.82, 2.24) is 10.6 Å². The van der Waals surface area contributed by atoms with Gasteiger partial charge in [-0.3, -0.25) is 0 Å². The summed E-state index contributed by atoms with van der Waals surface area (Å²) in [7, 11) is 0. The zero-order chi connectivity index (χ0) is 11.4. The molecule has 0 bridgehead atoms. The van der Waals surface area contributed by atoms with Crippen LogP contribution in [-0.4, -0.2) is 12.6 Å². The molecule has 1 saturated carbocycles. The van der Waals surface area contributed by atoms with Gasteiger partial charge in [0.15, 0.2) is 0 Å². The van der Waals surface area contributed by atoms with E-state index in [4.69, 9.17) is 0 Å². The Morgan fingerprint density at radius 3 is 2.56 bits per heavy atom. The highest BCUT2D eigenvalue weighted by Crippen LogP contribution is 2.45. The molecule has 2 rings (SSSR count). The average Bonchev–Trinajstić information content (AvgIpc) is 3.09. The summed E-state index contributed by atoms with van der Waals surface area (Å²) in [4.78, 5) is 11.6. The van der Waals surface area contributed by atoms with Crippen LogP contribution in [0.5, 0.6) is 0 Å². The third kappa shape index (κ3) is 2.35. The molecule has 0 radical (unpaired) electrons. The first-order chi connectivity index (χ1) is 7.77. The lowest BCUT2D eigenvalue weighted by molar-refractivity contribution is 0.236. The highest BCUT2D eigenvalue weighted by molar-refractivity contribution is 5.75. The molecule has 86 valence electrons. The van der Waals surface area contributed by atoms with Crippen molar-refractivity contribution in [2.24, 2.45) is 0 Å². The second-order valence-electron chi connectivity index (χ2n) is 4.33. The van der Waals surface area contributed by atoms with Crippen molar-refractivity contribution in [1.29, 1.82) is 0 Å². The maximum atomic E-state index is 11.6. The Bertz CT molecular complexity index is 357. The summed E-state index contributed by atoms with van der Waals surface area (Å²) < 4.78 is 0. The summed E-state index contributed by atoms with van der Waals surface area (Å²) in [5.41, 5.74) is 1.11. The minimum Gasteiger partial charge on any atom is -0.338 e. The molecule has 0 spiro atoms. The number of carbonyl (C=O) groups is 1. The van der Waals surface area contributed by atoms with Gasteiger partial charge < -0.3 is 10.6 Å². The Hall–Kier alpha value is -1.51. The predicted molar refractivity (Wildman–Crippen MR) is 64.2 cm³/mol. The molecule has 0 aromatic heterocycles. The van der Waals surface area contributed by atoms with Gasteiger partial charge in [-0.05, 0) is 24.8 Å². The van der Waals surface area contributed by atoms with Crippen LogP contribution in [0.2, 0.25) is 0 Å². The fraction of sp³-hybridized carbons (Fsp3) is 0.462. The van der Waals surface area contributed by atoms with E-state index in [1.165, 1.54) is 5.56 Å². The van der Waals surface area contributed by atoms with E-state index in [0.717, 1.165) is 25.8 Å². The lowest BCUT2D eigenvalue weighted by Crippen LogP contribution is -2.42. The van der Waals surface area contributed by atoms with Crippen LogP contribution in [0.25, 0.3) is 0 Å². The summed E-state index contributed by atoms with van der Waals surface area (Å²) in [6.45, 7) is 2.78. The molecule has 1 aromatic carbocycles. The van der Waals surface area contributed by atoms with Crippen LogP contribution in [-0.2, 0) is 5.54 Å². The Labute approximate surface area is 96.2 Å². The molecule has 1 aliphatic rings. The highest BCUT2D eigenvalue weighted by Gasteiger charge is 2.45. The molecule has 3 heteroatoms. The van der Waals surface area contributed by atoms with Crippen LogP contribution in [0.3, 0.4) is 0 Å². The number of hydrogen-bond acceptors (Lipinski definition) is 1. The molecular weight excluding hydrogens is 200 g/mol. The molecule has 0 aliphatic heterocycles. The molecule has 2 amide bonds. The minimum atomic E-state index is -0.0981. The maximum Gasteiger partial charge on any atom is 0.315 e. The van der Waals surface area contributed by atoms with E-state index < -0.39 is 0 Å². The molecule has 3 nitrogen and oxygen atoms in total. The topological polar surface area (TPSA) is 41.1 Å². The molecular formula is C13H18N2O. The van der Waals surface area contributed by atoms with E-state index in [9.17, 15) is 4.79 Å². The van der Waals surface area contributed by atoms with Crippen molar-refractivity contribution in [3.8, 4) is 0 Å². The molecule has 16 heavy (non-hydrogen) atoms. The smallest absolute Gasteiger partial charge is 0.315 e. The van der Waals surface area contributed by atoms with E-state index in [1.807, 2.05) is 25.1 Å². The number of carbonyl (C=O) groups excluding carboxylic acids is 1. The largest absolute Gasteiger partial charge is 0.338 e. The summed E-state index contributed by atoms with van der Waals surface area (Å²) in [6, 6.07) is 10.1. The monoisotopic (exact) mass is 218 g/mol. The predicted octanol–water partition coefficient (Wildman–Crippen LogP) is 2.38. The number of hydrogen-bond donors (Lipinski definition) is 2. The molecule has 0 heterocycles. The van der Waals surface area contributed by atoms with Crippen molar-refractivity contribution < 1.29 is 4.79 Å². The molecule has 0 atom stereocenters. The van der Waals surface area contributed by atoms with Crippen LogP contribution in [0.1, 0.15) is 31.7 Å². The van der Waals surface area contributed by atoms with E-state index in [0.29, 0.717) is 0 Å². The first-order valence-electron chi connectivity index (χ1n) is 5.88. The molecule has 0 saturated heterocycles. The molecule has 2 N–H and O–H groups in total. The lowest BCUT2D eigenvalue weighted by Gasteiger charge is -2.18. The van der Waals surface area contributed by atoms with Gasteiger partial charge in [0.1, 0.15) is 0 Å². The van der Waals surface area contributed by atoms with Gasteiger partial charge in [0.2, 0.25) is 0 Å². The Morgan fingerprint density at radius 2 is 2.00 bits per heavy atom. The first kappa shape index (κ1) is 11.0. The zero-order valence-electron chi connectivity index (χ0n) is 9.62. The standard InChI is InChI=1S/C13H18N2O/c1-2-10-14-12(16)15-13(8-9-13)11-6-4-3-5-7-11/h3-7H,2,8-10H2,1H3,(H2,14,15,16). The molecule has 1 aliphatic carbocycles. The van der Waals surface area contributed by atoms with Gasteiger partial charge in [-0.1, -0.05) is 37.3 Å².